The number of methoxy groups -OCH3 is 1. The first-order valence-electron chi connectivity index (χ1n) is 7.52. The van der Waals surface area contributed by atoms with Crippen LogP contribution in [0, 0.1) is 0 Å². The zero-order valence-electron chi connectivity index (χ0n) is 14.2. The minimum Gasteiger partial charge on any atom is -0.494 e. The molecule has 1 atom stereocenters. The number of carbonyl (C=O) groups excluding carboxylic acids is 1. The molecule has 24 heavy (non-hydrogen) atoms. The number of nitrogens with zero attached hydrogens (tertiary/aromatic N) is 2. The molecule has 0 unspecified atom stereocenters. The number of amides is 1. The first-order valence-corrected chi connectivity index (χ1v) is 9.33. The second-order valence-electron chi connectivity index (χ2n) is 5.85. The number of hydrogen-bond donors (Lipinski definition) is 1. The molecule has 0 bridgehead atoms. The zero-order chi connectivity index (χ0) is 18.1. The van der Waals surface area contributed by atoms with Crippen LogP contribution in [-0.4, -0.2) is 70.4 Å². The van der Waals surface area contributed by atoms with Crippen molar-refractivity contribution in [3.8, 4) is 5.75 Å². The molecule has 0 aromatic heterocycles. The van der Waals surface area contributed by atoms with Crippen molar-refractivity contribution in [3.63, 3.8) is 0 Å². The molecule has 1 aromatic rings. The minimum atomic E-state index is -3.85. The summed E-state index contributed by atoms with van der Waals surface area (Å²) in [6.07, 6.45) is 0. The van der Waals surface area contributed by atoms with Crippen molar-refractivity contribution in [1.29, 1.82) is 0 Å². The standard InChI is InChI=1S/C15H22ClN3O4S/c1-10-9-17-5-6-19(10)24(21,22)13-8-11(16)7-12(14(13)23-4)15(20)18(2)3/h7-8,10,17H,5-6,9H2,1-4H3/t10-/m0/s1. The molecule has 1 aromatic carbocycles. The molecule has 9 heteroatoms. The van der Waals surface area contributed by atoms with Crippen molar-refractivity contribution in [1.82, 2.24) is 14.5 Å². The van der Waals surface area contributed by atoms with Gasteiger partial charge in [-0.15, -0.1) is 0 Å². The fraction of sp³-hybridized carbons (Fsp3) is 0.533. The molecule has 1 aliphatic heterocycles. The van der Waals surface area contributed by atoms with E-state index in [0.29, 0.717) is 19.6 Å². The van der Waals surface area contributed by atoms with Crippen LogP contribution < -0.4 is 10.1 Å². The van der Waals surface area contributed by atoms with Gasteiger partial charge in [-0.3, -0.25) is 4.79 Å². The Morgan fingerprint density at radius 2 is 2.08 bits per heavy atom. The zero-order valence-corrected chi connectivity index (χ0v) is 15.7. The molecule has 7 nitrogen and oxygen atoms in total. The highest BCUT2D eigenvalue weighted by Crippen LogP contribution is 2.35. The largest absolute Gasteiger partial charge is 0.494 e. The lowest BCUT2D eigenvalue weighted by atomic mass is 10.2. The van der Waals surface area contributed by atoms with E-state index < -0.39 is 10.0 Å². The number of nitrogens with one attached hydrogen (secondary N) is 1. The smallest absolute Gasteiger partial charge is 0.257 e. The second kappa shape index (κ2) is 7.26. The number of sulfonamides is 1. The third kappa shape index (κ3) is 3.51. The number of rotatable bonds is 4. The Bertz CT molecular complexity index is 736. The number of carbonyl (C=O) groups is 1. The average molecular weight is 376 g/mol. The molecule has 1 amide bonds. The molecule has 1 heterocycles. The van der Waals surface area contributed by atoms with Gasteiger partial charge in [0.25, 0.3) is 5.91 Å². The number of halogens is 1. The summed E-state index contributed by atoms with van der Waals surface area (Å²) in [6, 6.07) is 2.54. The van der Waals surface area contributed by atoms with E-state index in [1.54, 1.807) is 14.1 Å². The van der Waals surface area contributed by atoms with Crippen molar-refractivity contribution in [2.45, 2.75) is 17.9 Å². The molecule has 1 aliphatic rings. The summed E-state index contributed by atoms with van der Waals surface area (Å²) >= 11 is 6.09. The van der Waals surface area contributed by atoms with Crippen LogP contribution in [0.2, 0.25) is 5.02 Å². The fourth-order valence-corrected chi connectivity index (χ4v) is 4.80. The van der Waals surface area contributed by atoms with Crippen LogP contribution in [0.4, 0.5) is 0 Å². The fourth-order valence-electron chi connectivity index (χ4n) is 2.68. The van der Waals surface area contributed by atoms with Gasteiger partial charge in [0.1, 0.15) is 4.90 Å². The number of hydrogen-bond acceptors (Lipinski definition) is 5. The summed E-state index contributed by atoms with van der Waals surface area (Å²) in [5.74, 6) is -0.358. The van der Waals surface area contributed by atoms with Crippen LogP contribution in [-0.2, 0) is 10.0 Å². The predicted octanol–water partition coefficient (Wildman–Crippen LogP) is 1.03. The van der Waals surface area contributed by atoms with Crippen molar-refractivity contribution < 1.29 is 17.9 Å². The summed E-state index contributed by atoms with van der Waals surface area (Å²) in [6.45, 7) is 3.30. The van der Waals surface area contributed by atoms with Crippen LogP contribution >= 0.6 is 11.6 Å². The monoisotopic (exact) mass is 375 g/mol. The lowest BCUT2D eigenvalue weighted by Gasteiger charge is -2.33. The van der Waals surface area contributed by atoms with Crippen LogP contribution in [0.5, 0.6) is 5.75 Å². The van der Waals surface area contributed by atoms with Gasteiger partial charge in [0.05, 0.1) is 12.7 Å². The molecular formula is C15H22ClN3O4S. The van der Waals surface area contributed by atoms with Crippen molar-refractivity contribution in [2.75, 3.05) is 40.8 Å². The van der Waals surface area contributed by atoms with Gasteiger partial charge in [-0.2, -0.15) is 4.31 Å². The molecule has 0 aliphatic carbocycles. The third-order valence-corrected chi connectivity index (χ3v) is 6.12. The topological polar surface area (TPSA) is 79.0 Å². The molecule has 134 valence electrons. The Balaban J connectivity index is 2.62. The van der Waals surface area contributed by atoms with Crippen molar-refractivity contribution in [3.05, 3.63) is 22.7 Å². The van der Waals surface area contributed by atoms with Gasteiger partial charge in [0.15, 0.2) is 5.75 Å². The van der Waals surface area contributed by atoms with E-state index in [0.717, 1.165) is 0 Å². The minimum absolute atomic E-state index is 0.0174. The molecule has 0 spiro atoms. The molecule has 1 saturated heterocycles. The number of ether oxygens (including phenoxy) is 1. The van der Waals surface area contributed by atoms with Gasteiger partial charge in [0, 0.05) is 44.8 Å². The van der Waals surface area contributed by atoms with E-state index in [1.165, 1.54) is 28.4 Å². The number of piperazine rings is 1. The van der Waals surface area contributed by atoms with Crippen molar-refractivity contribution >= 4 is 27.5 Å². The van der Waals surface area contributed by atoms with E-state index >= 15 is 0 Å². The Labute approximate surface area is 147 Å². The Morgan fingerprint density at radius 1 is 1.42 bits per heavy atom. The Hall–Kier alpha value is -1.35. The summed E-state index contributed by atoms with van der Waals surface area (Å²) in [5, 5.41) is 3.32. The normalized spacial score (nSPS) is 19.1. The molecule has 2 rings (SSSR count). The lowest BCUT2D eigenvalue weighted by Crippen LogP contribution is -2.52. The highest BCUT2D eigenvalue weighted by molar-refractivity contribution is 7.89. The first-order chi connectivity index (χ1) is 11.2. The maximum absolute atomic E-state index is 13.1. The van der Waals surface area contributed by atoms with Crippen LogP contribution in [0.15, 0.2) is 17.0 Å². The van der Waals surface area contributed by atoms with E-state index in [2.05, 4.69) is 5.32 Å². The Kier molecular flexibility index (Phi) is 5.74. The van der Waals surface area contributed by atoms with Crippen molar-refractivity contribution in [2.24, 2.45) is 0 Å². The molecule has 1 N–H and O–H groups in total. The van der Waals surface area contributed by atoms with E-state index in [-0.39, 0.29) is 33.2 Å². The van der Waals surface area contributed by atoms with Gasteiger partial charge in [0.2, 0.25) is 10.0 Å². The SMILES string of the molecule is COc1c(C(=O)N(C)C)cc(Cl)cc1S(=O)(=O)N1CCNC[C@@H]1C. The summed E-state index contributed by atoms with van der Waals surface area (Å²) in [7, 11) is 0.655. The quantitative estimate of drug-likeness (QED) is 0.850. The second-order valence-corrected chi connectivity index (χ2v) is 8.15. The van der Waals surface area contributed by atoms with Gasteiger partial charge in [-0.1, -0.05) is 11.6 Å². The van der Waals surface area contributed by atoms with Crippen LogP contribution in [0.1, 0.15) is 17.3 Å². The number of benzene rings is 1. The van der Waals surface area contributed by atoms with E-state index in [9.17, 15) is 13.2 Å². The summed E-state index contributed by atoms with van der Waals surface area (Å²) in [4.78, 5) is 13.6. The molecular weight excluding hydrogens is 354 g/mol. The molecule has 0 saturated carbocycles. The summed E-state index contributed by atoms with van der Waals surface area (Å²) < 4.78 is 32.9. The highest BCUT2D eigenvalue weighted by Gasteiger charge is 2.35. The van der Waals surface area contributed by atoms with Gasteiger partial charge in [-0.25, -0.2) is 8.42 Å². The van der Waals surface area contributed by atoms with Gasteiger partial charge >= 0.3 is 0 Å². The van der Waals surface area contributed by atoms with E-state index in [4.69, 9.17) is 16.3 Å². The highest BCUT2D eigenvalue weighted by atomic mass is 35.5. The maximum atomic E-state index is 13.1. The first kappa shape index (κ1) is 19.0. The maximum Gasteiger partial charge on any atom is 0.257 e. The molecule has 1 fully saturated rings. The predicted molar refractivity (Wildman–Crippen MR) is 92.2 cm³/mol. The van der Waals surface area contributed by atoms with Gasteiger partial charge < -0.3 is 15.0 Å². The lowest BCUT2D eigenvalue weighted by molar-refractivity contribution is 0.0823. The van der Waals surface area contributed by atoms with Crippen LogP contribution in [0.25, 0.3) is 0 Å². The third-order valence-electron chi connectivity index (χ3n) is 3.89. The Morgan fingerprint density at radius 3 is 2.62 bits per heavy atom. The van der Waals surface area contributed by atoms with Gasteiger partial charge in [-0.05, 0) is 19.1 Å². The molecule has 0 radical (unpaired) electrons. The van der Waals surface area contributed by atoms with Crippen LogP contribution in [0.3, 0.4) is 0 Å². The van der Waals surface area contributed by atoms with E-state index in [1.807, 2.05) is 6.92 Å². The summed E-state index contributed by atoms with van der Waals surface area (Å²) in [5.41, 5.74) is 0.122. The average Bonchev–Trinajstić information content (AvgIpc) is 2.53.